The van der Waals surface area contributed by atoms with Gasteiger partial charge in [-0.05, 0) is 19.3 Å². The van der Waals surface area contributed by atoms with Gasteiger partial charge in [0.2, 0.25) is 0 Å². The smallest absolute Gasteiger partial charge is 0.177 e. The van der Waals surface area contributed by atoms with E-state index in [1.807, 2.05) is 0 Å². The molecule has 0 aromatic rings. The third-order valence-corrected chi connectivity index (χ3v) is 2.68. The second kappa shape index (κ2) is 5.27. The maximum absolute atomic E-state index is 5.44. The number of nitrogens with zero attached hydrogens (tertiary/aromatic N) is 1. The lowest BCUT2D eigenvalue weighted by Gasteiger charge is -2.07. The molecule has 1 saturated heterocycles. The van der Waals surface area contributed by atoms with Crippen molar-refractivity contribution in [1.29, 1.82) is 0 Å². The Morgan fingerprint density at radius 2 is 2.50 bits per heavy atom. The Labute approximate surface area is 76.7 Å². The van der Waals surface area contributed by atoms with Gasteiger partial charge in [-0.2, -0.15) is 5.10 Å². The fraction of sp³-hybridized carbons (Fsp3) is 0.857. The molecule has 0 aliphatic carbocycles. The maximum atomic E-state index is 5.44. The minimum atomic E-state index is 0.433. The standard InChI is InChI=1S/C7H15N3OS/c8-7(10-9)12-5-3-6-2-1-4-11-6/h6H,1-5,9H2,(H2,8,10). The van der Waals surface area contributed by atoms with E-state index >= 15 is 0 Å². The molecule has 1 atom stereocenters. The van der Waals surface area contributed by atoms with Gasteiger partial charge in [-0.1, -0.05) is 11.8 Å². The van der Waals surface area contributed by atoms with Crippen molar-refractivity contribution < 1.29 is 4.74 Å². The molecule has 0 bridgehead atoms. The average molecular weight is 189 g/mol. The van der Waals surface area contributed by atoms with Crippen LogP contribution in [0.15, 0.2) is 5.10 Å². The van der Waals surface area contributed by atoms with Gasteiger partial charge in [0.1, 0.15) is 0 Å². The molecule has 1 aliphatic rings. The first-order chi connectivity index (χ1) is 5.83. The van der Waals surface area contributed by atoms with Crippen molar-refractivity contribution in [2.24, 2.45) is 16.7 Å². The third-order valence-electron chi connectivity index (χ3n) is 1.84. The Kier molecular flexibility index (Phi) is 4.24. The van der Waals surface area contributed by atoms with E-state index < -0.39 is 0 Å². The largest absolute Gasteiger partial charge is 0.378 e. The minimum Gasteiger partial charge on any atom is -0.378 e. The number of hydrogen-bond acceptors (Lipinski definition) is 4. The first-order valence-corrected chi connectivity index (χ1v) is 5.09. The van der Waals surface area contributed by atoms with Gasteiger partial charge in [-0.3, -0.25) is 0 Å². The summed E-state index contributed by atoms with van der Waals surface area (Å²) in [5.41, 5.74) is 5.40. The van der Waals surface area contributed by atoms with Crippen molar-refractivity contribution in [2.45, 2.75) is 25.4 Å². The van der Waals surface area contributed by atoms with E-state index in [4.69, 9.17) is 16.3 Å². The molecule has 5 heteroatoms. The van der Waals surface area contributed by atoms with Crippen LogP contribution < -0.4 is 11.6 Å². The Morgan fingerprint density at radius 1 is 1.67 bits per heavy atom. The average Bonchev–Trinajstić information content (AvgIpc) is 2.57. The fourth-order valence-corrected chi connectivity index (χ4v) is 1.87. The van der Waals surface area contributed by atoms with E-state index in [0.29, 0.717) is 11.3 Å². The number of nitrogens with two attached hydrogens (primary N) is 2. The second-order valence-electron chi connectivity index (χ2n) is 2.74. The first-order valence-electron chi connectivity index (χ1n) is 4.10. The molecule has 4 nitrogen and oxygen atoms in total. The van der Waals surface area contributed by atoms with E-state index in [1.165, 1.54) is 24.6 Å². The summed E-state index contributed by atoms with van der Waals surface area (Å²) in [5.74, 6) is 5.92. The highest BCUT2D eigenvalue weighted by atomic mass is 32.2. The van der Waals surface area contributed by atoms with Crippen LogP contribution in [-0.4, -0.2) is 23.6 Å². The third kappa shape index (κ3) is 3.32. The van der Waals surface area contributed by atoms with Crippen LogP contribution in [0.4, 0.5) is 0 Å². The number of rotatable bonds is 3. The van der Waals surface area contributed by atoms with E-state index in [2.05, 4.69) is 5.10 Å². The van der Waals surface area contributed by atoms with Crippen LogP contribution in [-0.2, 0) is 4.74 Å². The van der Waals surface area contributed by atoms with E-state index in [9.17, 15) is 0 Å². The quantitative estimate of drug-likeness (QED) is 0.293. The summed E-state index contributed by atoms with van der Waals surface area (Å²) in [7, 11) is 0. The topological polar surface area (TPSA) is 73.6 Å². The SMILES string of the molecule is NN=C(N)SCCC1CCCO1. The van der Waals surface area contributed by atoms with E-state index in [0.717, 1.165) is 18.8 Å². The van der Waals surface area contributed by atoms with Gasteiger partial charge in [0.25, 0.3) is 0 Å². The Bertz CT molecular complexity index is 157. The molecule has 1 heterocycles. The highest BCUT2D eigenvalue weighted by molar-refractivity contribution is 8.13. The molecule has 1 aliphatic heterocycles. The van der Waals surface area contributed by atoms with Crippen LogP contribution in [0.3, 0.4) is 0 Å². The summed E-state index contributed by atoms with van der Waals surface area (Å²) in [5, 5.41) is 3.82. The molecular formula is C7H15N3OS. The predicted octanol–water partition coefficient (Wildman–Crippen LogP) is 0.477. The summed E-state index contributed by atoms with van der Waals surface area (Å²) in [4.78, 5) is 0. The molecule has 0 saturated carbocycles. The molecule has 0 aromatic heterocycles. The predicted molar refractivity (Wildman–Crippen MR) is 51.9 cm³/mol. The minimum absolute atomic E-state index is 0.433. The molecule has 1 fully saturated rings. The maximum Gasteiger partial charge on any atom is 0.177 e. The van der Waals surface area contributed by atoms with Crippen LogP contribution in [0, 0.1) is 0 Å². The van der Waals surface area contributed by atoms with E-state index in [-0.39, 0.29) is 0 Å². The Morgan fingerprint density at radius 3 is 3.08 bits per heavy atom. The summed E-state index contributed by atoms with van der Waals surface area (Å²) in [6.07, 6.45) is 3.85. The summed E-state index contributed by atoms with van der Waals surface area (Å²) < 4.78 is 5.44. The van der Waals surface area contributed by atoms with Crippen molar-refractivity contribution in [3.05, 3.63) is 0 Å². The zero-order chi connectivity index (χ0) is 8.81. The number of amidine groups is 1. The van der Waals surface area contributed by atoms with Gasteiger partial charge < -0.3 is 16.3 Å². The molecule has 70 valence electrons. The van der Waals surface area contributed by atoms with Crippen LogP contribution in [0.25, 0.3) is 0 Å². The van der Waals surface area contributed by atoms with Crippen LogP contribution in [0.5, 0.6) is 0 Å². The molecule has 0 amide bonds. The molecule has 0 spiro atoms. The second-order valence-corrected chi connectivity index (χ2v) is 3.85. The molecule has 1 unspecified atom stereocenters. The lowest BCUT2D eigenvalue weighted by atomic mass is 10.2. The molecule has 0 aromatic carbocycles. The Balaban J connectivity index is 2.01. The van der Waals surface area contributed by atoms with Crippen molar-refractivity contribution in [2.75, 3.05) is 12.4 Å². The van der Waals surface area contributed by atoms with Crippen molar-refractivity contribution >= 4 is 16.9 Å². The van der Waals surface area contributed by atoms with Gasteiger partial charge >= 0.3 is 0 Å². The van der Waals surface area contributed by atoms with Crippen molar-refractivity contribution in [3.8, 4) is 0 Å². The van der Waals surface area contributed by atoms with Crippen LogP contribution in [0.1, 0.15) is 19.3 Å². The number of thioether (sulfide) groups is 1. The van der Waals surface area contributed by atoms with Gasteiger partial charge in [0.05, 0.1) is 6.10 Å². The number of ether oxygens (including phenoxy) is 1. The van der Waals surface area contributed by atoms with Crippen LogP contribution in [0.2, 0.25) is 0 Å². The summed E-state index contributed by atoms with van der Waals surface area (Å²) in [6, 6.07) is 0. The molecule has 12 heavy (non-hydrogen) atoms. The van der Waals surface area contributed by atoms with Gasteiger partial charge in [-0.15, -0.1) is 0 Å². The van der Waals surface area contributed by atoms with Gasteiger partial charge in [0, 0.05) is 12.4 Å². The molecule has 1 rings (SSSR count). The highest BCUT2D eigenvalue weighted by Crippen LogP contribution is 2.17. The van der Waals surface area contributed by atoms with E-state index in [1.54, 1.807) is 0 Å². The first kappa shape index (κ1) is 9.67. The lowest BCUT2D eigenvalue weighted by molar-refractivity contribution is 0.109. The lowest BCUT2D eigenvalue weighted by Crippen LogP contribution is -2.12. The molecule has 4 N–H and O–H groups in total. The monoisotopic (exact) mass is 189 g/mol. The van der Waals surface area contributed by atoms with Crippen molar-refractivity contribution in [3.63, 3.8) is 0 Å². The zero-order valence-electron chi connectivity index (χ0n) is 7.03. The van der Waals surface area contributed by atoms with Crippen LogP contribution >= 0.6 is 11.8 Å². The zero-order valence-corrected chi connectivity index (χ0v) is 7.85. The summed E-state index contributed by atoms with van der Waals surface area (Å²) in [6.45, 7) is 0.912. The number of hydrazone groups is 1. The molecule has 0 radical (unpaired) electrons. The fourth-order valence-electron chi connectivity index (χ4n) is 1.20. The van der Waals surface area contributed by atoms with Crippen molar-refractivity contribution in [1.82, 2.24) is 0 Å². The number of hydrogen-bond donors (Lipinski definition) is 2. The normalized spacial score (nSPS) is 24.7. The van der Waals surface area contributed by atoms with Gasteiger partial charge in [-0.25, -0.2) is 0 Å². The Hall–Kier alpha value is -0.420. The highest BCUT2D eigenvalue weighted by Gasteiger charge is 2.14. The molecular weight excluding hydrogens is 174 g/mol. The van der Waals surface area contributed by atoms with Gasteiger partial charge in [0.15, 0.2) is 5.17 Å². The summed E-state index contributed by atoms with van der Waals surface area (Å²) >= 11 is 1.49.